The van der Waals surface area contributed by atoms with Crippen molar-refractivity contribution in [3.05, 3.63) is 34.3 Å². The number of carbonyl (C=O) groups is 2. The second-order valence-electron chi connectivity index (χ2n) is 5.78. The summed E-state index contributed by atoms with van der Waals surface area (Å²) in [7, 11) is 0. The minimum absolute atomic E-state index is 0.254. The Kier molecular flexibility index (Phi) is 6.87. The molecule has 1 aromatic rings. The van der Waals surface area contributed by atoms with E-state index in [0.29, 0.717) is 6.42 Å². The summed E-state index contributed by atoms with van der Waals surface area (Å²) in [5.41, 5.74) is 0.280. The summed E-state index contributed by atoms with van der Waals surface area (Å²) in [6.45, 7) is 7.27. The zero-order valence-corrected chi connectivity index (χ0v) is 14.9. The standard InChI is InChI=1S/C16H22BrNO4/c1-5-21-14(19)13(18-15(20)22-16(2,3)4)10-11-7-6-8-12(17)9-11/h6-9,13H,5,10H2,1-4H3,(H,18,20). The van der Waals surface area contributed by atoms with Gasteiger partial charge in [0.25, 0.3) is 0 Å². The molecule has 6 heteroatoms. The Morgan fingerprint density at radius 1 is 1.32 bits per heavy atom. The number of amides is 1. The van der Waals surface area contributed by atoms with Crippen molar-refractivity contribution in [3.63, 3.8) is 0 Å². The van der Waals surface area contributed by atoms with E-state index in [9.17, 15) is 9.59 Å². The van der Waals surface area contributed by atoms with Crippen LogP contribution < -0.4 is 5.32 Å². The molecule has 0 aliphatic rings. The van der Waals surface area contributed by atoms with E-state index in [4.69, 9.17) is 9.47 Å². The minimum Gasteiger partial charge on any atom is -0.464 e. The van der Waals surface area contributed by atoms with Gasteiger partial charge in [-0.3, -0.25) is 0 Å². The molecule has 5 nitrogen and oxygen atoms in total. The number of rotatable bonds is 5. The van der Waals surface area contributed by atoms with E-state index in [2.05, 4.69) is 21.2 Å². The average Bonchev–Trinajstić information content (AvgIpc) is 2.36. The van der Waals surface area contributed by atoms with Crippen LogP contribution >= 0.6 is 15.9 Å². The van der Waals surface area contributed by atoms with E-state index in [1.165, 1.54) is 0 Å². The van der Waals surface area contributed by atoms with Crippen molar-refractivity contribution in [3.8, 4) is 0 Å². The van der Waals surface area contributed by atoms with Crippen LogP contribution in [0.1, 0.15) is 33.3 Å². The molecule has 0 spiro atoms. The first-order valence-electron chi connectivity index (χ1n) is 7.12. The summed E-state index contributed by atoms with van der Waals surface area (Å²) < 4.78 is 11.1. The van der Waals surface area contributed by atoms with Gasteiger partial charge in [0, 0.05) is 10.9 Å². The minimum atomic E-state index is -0.788. The van der Waals surface area contributed by atoms with Gasteiger partial charge >= 0.3 is 12.1 Å². The Labute approximate surface area is 139 Å². The normalized spacial score (nSPS) is 12.4. The van der Waals surface area contributed by atoms with Gasteiger partial charge in [0.1, 0.15) is 11.6 Å². The molecule has 0 bridgehead atoms. The topological polar surface area (TPSA) is 64.6 Å². The van der Waals surface area contributed by atoms with Crippen LogP contribution in [0.3, 0.4) is 0 Å². The molecule has 1 unspecified atom stereocenters. The Balaban J connectivity index is 2.80. The number of carbonyl (C=O) groups excluding carboxylic acids is 2. The molecule has 1 amide bonds. The molecule has 0 fully saturated rings. The smallest absolute Gasteiger partial charge is 0.408 e. The lowest BCUT2D eigenvalue weighted by Crippen LogP contribution is -2.45. The SMILES string of the molecule is CCOC(=O)C(Cc1cccc(Br)c1)NC(=O)OC(C)(C)C. The number of esters is 1. The number of alkyl carbamates (subject to hydrolysis) is 1. The van der Waals surface area contributed by atoms with Crippen LogP contribution in [0.4, 0.5) is 4.79 Å². The lowest BCUT2D eigenvalue weighted by atomic mass is 10.1. The first-order chi connectivity index (χ1) is 10.2. The molecular formula is C16H22BrNO4. The number of hydrogen-bond acceptors (Lipinski definition) is 4. The van der Waals surface area contributed by atoms with Crippen molar-refractivity contribution in [1.29, 1.82) is 0 Å². The summed E-state index contributed by atoms with van der Waals surface area (Å²) in [6.07, 6.45) is -0.308. The van der Waals surface area contributed by atoms with Gasteiger partial charge in [-0.2, -0.15) is 0 Å². The third kappa shape index (κ3) is 6.93. The molecule has 1 atom stereocenters. The summed E-state index contributed by atoms with van der Waals surface area (Å²) in [5.74, 6) is -0.478. The van der Waals surface area contributed by atoms with Gasteiger partial charge in [-0.25, -0.2) is 9.59 Å². The summed E-state index contributed by atoms with van der Waals surface area (Å²) >= 11 is 3.38. The third-order valence-electron chi connectivity index (χ3n) is 2.59. The van der Waals surface area contributed by atoms with Gasteiger partial charge in [-0.1, -0.05) is 28.1 Å². The highest BCUT2D eigenvalue weighted by Gasteiger charge is 2.25. The molecule has 0 aromatic heterocycles. The van der Waals surface area contributed by atoms with E-state index in [-0.39, 0.29) is 6.61 Å². The maximum atomic E-state index is 12.0. The van der Waals surface area contributed by atoms with Crippen LogP contribution in [-0.2, 0) is 20.7 Å². The quantitative estimate of drug-likeness (QED) is 0.805. The first-order valence-corrected chi connectivity index (χ1v) is 7.91. The van der Waals surface area contributed by atoms with Crippen molar-refractivity contribution >= 4 is 28.0 Å². The van der Waals surface area contributed by atoms with E-state index in [0.717, 1.165) is 10.0 Å². The van der Waals surface area contributed by atoms with Gasteiger partial charge in [0.15, 0.2) is 0 Å². The van der Waals surface area contributed by atoms with Crippen LogP contribution in [-0.4, -0.2) is 30.3 Å². The van der Waals surface area contributed by atoms with Crippen molar-refractivity contribution < 1.29 is 19.1 Å². The van der Waals surface area contributed by atoms with Gasteiger partial charge in [-0.05, 0) is 45.4 Å². The third-order valence-corrected chi connectivity index (χ3v) is 3.08. The van der Waals surface area contributed by atoms with Crippen molar-refractivity contribution in [2.24, 2.45) is 0 Å². The first kappa shape index (κ1) is 18.5. The fraction of sp³-hybridized carbons (Fsp3) is 0.500. The highest BCUT2D eigenvalue weighted by atomic mass is 79.9. The van der Waals surface area contributed by atoms with Gasteiger partial charge in [0.2, 0.25) is 0 Å². The zero-order chi connectivity index (χ0) is 16.8. The maximum Gasteiger partial charge on any atom is 0.408 e. The van der Waals surface area contributed by atoms with Crippen LogP contribution in [0.5, 0.6) is 0 Å². The average molecular weight is 372 g/mol. The second-order valence-corrected chi connectivity index (χ2v) is 6.70. The molecule has 0 radical (unpaired) electrons. The van der Waals surface area contributed by atoms with Crippen LogP contribution in [0.15, 0.2) is 28.7 Å². The molecule has 0 saturated heterocycles. The van der Waals surface area contributed by atoms with Gasteiger partial charge in [-0.15, -0.1) is 0 Å². The van der Waals surface area contributed by atoms with Crippen molar-refractivity contribution in [2.45, 2.75) is 45.8 Å². The van der Waals surface area contributed by atoms with Crippen molar-refractivity contribution in [1.82, 2.24) is 5.32 Å². The predicted molar refractivity (Wildman–Crippen MR) is 87.6 cm³/mol. The van der Waals surface area contributed by atoms with E-state index in [1.54, 1.807) is 27.7 Å². The molecule has 0 aliphatic heterocycles. The molecule has 0 aliphatic carbocycles. The summed E-state index contributed by atoms with van der Waals surface area (Å²) in [4.78, 5) is 23.9. The molecule has 1 aromatic carbocycles. The van der Waals surface area contributed by atoms with E-state index >= 15 is 0 Å². The van der Waals surface area contributed by atoms with Crippen LogP contribution in [0, 0.1) is 0 Å². The second kappa shape index (κ2) is 8.17. The van der Waals surface area contributed by atoms with Gasteiger partial charge in [0.05, 0.1) is 6.61 Å². The van der Waals surface area contributed by atoms with E-state index in [1.807, 2.05) is 24.3 Å². The van der Waals surface area contributed by atoms with Gasteiger partial charge < -0.3 is 14.8 Å². The summed E-state index contributed by atoms with van der Waals surface area (Å²) in [6, 6.07) is 6.75. The number of benzene rings is 1. The molecular weight excluding hydrogens is 350 g/mol. The lowest BCUT2D eigenvalue weighted by molar-refractivity contribution is -0.145. The monoisotopic (exact) mass is 371 g/mol. The molecule has 0 saturated carbocycles. The molecule has 1 rings (SSSR count). The van der Waals surface area contributed by atoms with Crippen LogP contribution in [0.25, 0.3) is 0 Å². The zero-order valence-electron chi connectivity index (χ0n) is 13.3. The molecule has 1 N–H and O–H groups in total. The predicted octanol–water partition coefficient (Wildman–Crippen LogP) is 3.45. The number of ether oxygens (including phenoxy) is 2. The molecule has 0 heterocycles. The Morgan fingerprint density at radius 3 is 2.55 bits per heavy atom. The lowest BCUT2D eigenvalue weighted by Gasteiger charge is -2.23. The Bertz CT molecular complexity index is 525. The molecule has 122 valence electrons. The molecule has 22 heavy (non-hydrogen) atoms. The Hall–Kier alpha value is -1.56. The largest absolute Gasteiger partial charge is 0.464 e. The number of nitrogens with one attached hydrogen (secondary N) is 1. The Morgan fingerprint density at radius 2 is 2.00 bits per heavy atom. The number of hydrogen-bond donors (Lipinski definition) is 1. The number of halogens is 1. The fourth-order valence-electron chi connectivity index (χ4n) is 1.79. The fourth-order valence-corrected chi connectivity index (χ4v) is 2.23. The van der Waals surface area contributed by atoms with E-state index < -0.39 is 23.7 Å². The highest BCUT2D eigenvalue weighted by molar-refractivity contribution is 9.10. The maximum absolute atomic E-state index is 12.0. The summed E-state index contributed by atoms with van der Waals surface area (Å²) in [5, 5.41) is 2.58. The highest BCUT2D eigenvalue weighted by Crippen LogP contribution is 2.14. The van der Waals surface area contributed by atoms with Crippen LogP contribution in [0.2, 0.25) is 0 Å². The van der Waals surface area contributed by atoms with Crippen molar-refractivity contribution in [2.75, 3.05) is 6.61 Å².